The quantitative estimate of drug-likeness (QED) is 0.628. The van der Waals surface area contributed by atoms with Crippen molar-refractivity contribution < 1.29 is 23.1 Å². The molecule has 0 atom stereocenters. The molecule has 1 rings (SSSR count). The monoisotopic (exact) mass is 356 g/mol. The lowest BCUT2D eigenvalue weighted by Crippen LogP contribution is -2.25. The van der Waals surface area contributed by atoms with Gasteiger partial charge >= 0.3 is 5.97 Å². The van der Waals surface area contributed by atoms with Gasteiger partial charge < -0.3 is 10.4 Å². The van der Waals surface area contributed by atoms with E-state index in [1.807, 2.05) is 6.92 Å². The molecule has 3 N–H and O–H groups in total. The van der Waals surface area contributed by atoms with Crippen molar-refractivity contribution in [3.05, 3.63) is 24.3 Å². The first-order chi connectivity index (χ1) is 11.1. The van der Waals surface area contributed by atoms with Gasteiger partial charge in [0, 0.05) is 18.7 Å². The molecule has 1 aromatic carbocycles. The second-order valence-electron chi connectivity index (χ2n) is 6.38. The smallest absolute Gasteiger partial charge is 0.303 e. The minimum Gasteiger partial charge on any atom is -0.481 e. The molecule has 0 heterocycles. The summed E-state index contributed by atoms with van der Waals surface area (Å²) in [5, 5.41) is 11.5. The summed E-state index contributed by atoms with van der Waals surface area (Å²) in [6, 6.07) is 5.83. The van der Waals surface area contributed by atoms with Gasteiger partial charge in [0.1, 0.15) is 0 Å². The van der Waals surface area contributed by atoms with Crippen molar-refractivity contribution in [1.29, 1.82) is 0 Å². The highest BCUT2D eigenvalue weighted by atomic mass is 32.2. The van der Waals surface area contributed by atoms with Crippen LogP contribution in [0.5, 0.6) is 0 Å². The Labute approximate surface area is 142 Å². The first kappa shape index (κ1) is 20.1. The van der Waals surface area contributed by atoms with E-state index < -0.39 is 21.4 Å². The predicted octanol–water partition coefficient (Wildman–Crippen LogP) is 2.20. The minimum absolute atomic E-state index is 0.0530. The molecule has 0 unspecified atom stereocenters. The molecule has 0 radical (unpaired) electrons. The van der Waals surface area contributed by atoms with Crippen molar-refractivity contribution >= 4 is 27.6 Å². The van der Waals surface area contributed by atoms with Crippen LogP contribution in [-0.2, 0) is 19.6 Å². The maximum absolute atomic E-state index is 12.0. The van der Waals surface area contributed by atoms with Gasteiger partial charge in [0.05, 0.1) is 11.3 Å². The van der Waals surface area contributed by atoms with Crippen molar-refractivity contribution in [2.24, 2.45) is 5.41 Å². The zero-order chi connectivity index (χ0) is 18.4. The number of carboxylic acid groups (broad SMARTS) is 1. The Balaban J connectivity index is 2.70. The third-order valence-corrected chi connectivity index (χ3v) is 4.74. The Kier molecular flexibility index (Phi) is 6.92. The van der Waals surface area contributed by atoms with E-state index >= 15 is 0 Å². The zero-order valence-corrected chi connectivity index (χ0v) is 14.9. The lowest BCUT2D eigenvalue weighted by atomic mass is 9.85. The molecule has 0 saturated heterocycles. The Morgan fingerprint density at radius 1 is 1.12 bits per heavy atom. The number of carbonyl (C=O) groups is 2. The van der Waals surface area contributed by atoms with Crippen LogP contribution in [0.15, 0.2) is 29.2 Å². The maximum atomic E-state index is 12.0. The molecule has 0 aromatic heterocycles. The molecule has 0 aliphatic carbocycles. The lowest BCUT2D eigenvalue weighted by Gasteiger charge is -2.21. The summed E-state index contributed by atoms with van der Waals surface area (Å²) < 4.78 is 26.4. The van der Waals surface area contributed by atoms with Gasteiger partial charge in [-0.2, -0.15) is 0 Å². The van der Waals surface area contributed by atoms with E-state index in [0.29, 0.717) is 18.7 Å². The molecule has 24 heavy (non-hydrogen) atoms. The molecule has 0 fully saturated rings. The summed E-state index contributed by atoms with van der Waals surface area (Å²) in [5.41, 5.74) is -0.205. The van der Waals surface area contributed by atoms with E-state index in [-0.39, 0.29) is 23.6 Å². The molecule has 7 nitrogen and oxygen atoms in total. The van der Waals surface area contributed by atoms with Gasteiger partial charge in [-0.1, -0.05) is 20.8 Å². The van der Waals surface area contributed by atoms with Crippen LogP contribution in [0.2, 0.25) is 0 Å². The first-order valence-electron chi connectivity index (χ1n) is 7.67. The second kappa shape index (κ2) is 8.25. The number of hydrogen-bond donors (Lipinski definition) is 3. The molecular weight excluding hydrogens is 332 g/mol. The van der Waals surface area contributed by atoms with E-state index in [9.17, 15) is 18.0 Å². The summed E-state index contributed by atoms with van der Waals surface area (Å²) in [6.07, 6.45) is 0.637. The summed E-state index contributed by atoms with van der Waals surface area (Å²) in [7, 11) is -3.54. The van der Waals surface area contributed by atoms with Gasteiger partial charge in [-0.15, -0.1) is 0 Å². The Bertz CT molecular complexity index is 681. The molecule has 1 amide bonds. The predicted molar refractivity (Wildman–Crippen MR) is 91.2 cm³/mol. The Hall–Kier alpha value is -1.93. The molecule has 1 aromatic rings. The summed E-state index contributed by atoms with van der Waals surface area (Å²) in [5.74, 6) is -1.28. The zero-order valence-electron chi connectivity index (χ0n) is 14.1. The van der Waals surface area contributed by atoms with Crippen molar-refractivity contribution in [2.45, 2.75) is 44.9 Å². The van der Waals surface area contributed by atoms with Gasteiger partial charge in [0.15, 0.2) is 0 Å². The molecule has 0 aliphatic heterocycles. The van der Waals surface area contributed by atoms with E-state index in [4.69, 9.17) is 5.11 Å². The fourth-order valence-corrected chi connectivity index (χ4v) is 3.28. The maximum Gasteiger partial charge on any atom is 0.303 e. The van der Waals surface area contributed by atoms with E-state index in [2.05, 4.69) is 10.0 Å². The number of benzene rings is 1. The number of anilines is 1. The normalized spacial score (nSPS) is 12.0. The average Bonchev–Trinajstić information content (AvgIpc) is 2.43. The highest BCUT2D eigenvalue weighted by molar-refractivity contribution is 7.89. The van der Waals surface area contributed by atoms with Crippen LogP contribution in [-0.4, -0.2) is 31.9 Å². The van der Waals surface area contributed by atoms with Crippen molar-refractivity contribution in [3.63, 3.8) is 0 Å². The topological polar surface area (TPSA) is 113 Å². The van der Waals surface area contributed by atoms with Crippen LogP contribution in [0.25, 0.3) is 0 Å². The van der Waals surface area contributed by atoms with E-state index in [1.54, 1.807) is 13.8 Å². The minimum atomic E-state index is -3.54. The summed E-state index contributed by atoms with van der Waals surface area (Å²) >= 11 is 0. The SMILES string of the molecule is CCCNS(=O)(=O)c1ccc(NC(=O)CC(C)(C)CC(=O)O)cc1. The lowest BCUT2D eigenvalue weighted by molar-refractivity contribution is -0.139. The number of sulfonamides is 1. The fourth-order valence-electron chi connectivity index (χ4n) is 2.15. The number of nitrogens with one attached hydrogen (secondary N) is 2. The third kappa shape index (κ3) is 6.67. The molecule has 8 heteroatoms. The van der Waals surface area contributed by atoms with Gasteiger partial charge in [-0.3, -0.25) is 9.59 Å². The number of rotatable bonds is 9. The van der Waals surface area contributed by atoms with Crippen LogP contribution in [0.1, 0.15) is 40.0 Å². The van der Waals surface area contributed by atoms with Gasteiger partial charge in [-0.25, -0.2) is 13.1 Å². The van der Waals surface area contributed by atoms with Crippen LogP contribution in [0.3, 0.4) is 0 Å². The summed E-state index contributed by atoms with van der Waals surface area (Å²) in [4.78, 5) is 22.9. The molecule has 0 spiro atoms. The van der Waals surface area contributed by atoms with Gasteiger partial charge in [0.25, 0.3) is 0 Å². The number of carbonyl (C=O) groups excluding carboxylic acids is 1. The number of hydrogen-bond acceptors (Lipinski definition) is 4. The second-order valence-corrected chi connectivity index (χ2v) is 8.15. The molecule has 0 bridgehead atoms. The molecule has 134 valence electrons. The largest absolute Gasteiger partial charge is 0.481 e. The van der Waals surface area contributed by atoms with E-state index in [0.717, 1.165) is 0 Å². The van der Waals surface area contributed by atoms with Crippen LogP contribution in [0, 0.1) is 5.41 Å². The average molecular weight is 356 g/mol. The first-order valence-corrected chi connectivity index (χ1v) is 9.15. The Morgan fingerprint density at radius 2 is 1.71 bits per heavy atom. The van der Waals surface area contributed by atoms with Crippen LogP contribution < -0.4 is 10.0 Å². The van der Waals surface area contributed by atoms with Gasteiger partial charge in [0.2, 0.25) is 15.9 Å². The summed E-state index contributed by atoms with van der Waals surface area (Å²) in [6.45, 7) is 5.64. The number of aliphatic carboxylic acids is 1. The highest BCUT2D eigenvalue weighted by Gasteiger charge is 2.25. The van der Waals surface area contributed by atoms with E-state index in [1.165, 1.54) is 24.3 Å². The number of carboxylic acids is 1. The fraction of sp³-hybridized carbons (Fsp3) is 0.500. The van der Waals surface area contributed by atoms with Crippen molar-refractivity contribution in [3.8, 4) is 0 Å². The van der Waals surface area contributed by atoms with Crippen LogP contribution in [0.4, 0.5) is 5.69 Å². The number of amides is 1. The van der Waals surface area contributed by atoms with Crippen molar-refractivity contribution in [1.82, 2.24) is 4.72 Å². The van der Waals surface area contributed by atoms with Gasteiger partial charge in [-0.05, 0) is 36.1 Å². The highest BCUT2D eigenvalue weighted by Crippen LogP contribution is 2.25. The molecule has 0 aliphatic rings. The van der Waals surface area contributed by atoms with Crippen molar-refractivity contribution in [2.75, 3.05) is 11.9 Å². The molecule has 0 saturated carbocycles. The molecular formula is C16H24N2O5S. The third-order valence-electron chi connectivity index (χ3n) is 3.26. The van der Waals surface area contributed by atoms with Crippen LogP contribution >= 0.6 is 0 Å². The standard InChI is InChI=1S/C16H24N2O5S/c1-4-9-17-24(22,23)13-7-5-12(6-8-13)18-14(19)10-16(2,3)11-15(20)21/h5-8,17H,4,9-11H2,1-3H3,(H,18,19)(H,20,21). The Morgan fingerprint density at radius 3 is 2.21 bits per heavy atom.